The number of carboxylic acid groups (broad SMARTS) is 1. The van der Waals surface area contributed by atoms with Gasteiger partial charge in [0.1, 0.15) is 5.75 Å². The van der Waals surface area contributed by atoms with Gasteiger partial charge < -0.3 is 14.7 Å². The molecule has 1 heterocycles. The van der Waals surface area contributed by atoms with Gasteiger partial charge in [0.2, 0.25) is 5.95 Å². The van der Waals surface area contributed by atoms with E-state index in [1.807, 2.05) is 0 Å². The van der Waals surface area contributed by atoms with Crippen LogP contribution in [0.5, 0.6) is 5.75 Å². The molecule has 0 aliphatic heterocycles. The summed E-state index contributed by atoms with van der Waals surface area (Å²) in [6.07, 6.45) is -6.21. The van der Waals surface area contributed by atoms with Crippen molar-refractivity contribution in [3.63, 3.8) is 0 Å². The van der Waals surface area contributed by atoms with Crippen molar-refractivity contribution in [3.05, 3.63) is 83.2 Å². The molecule has 0 bridgehead atoms. The molecular weight excluding hydrogens is 516 g/mol. The Hall–Kier alpha value is -3.83. The van der Waals surface area contributed by atoms with E-state index < -0.39 is 35.0 Å². The van der Waals surface area contributed by atoms with Crippen LogP contribution >= 0.6 is 0 Å². The van der Waals surface area contributed by atoms with Crippen LogP contribution in [0.15, 0.2) is 60.9 Å². The number of halogens is 6. The summed E-state index contributed by atoms with van der Waals surface area (Å²) in [5, 5.41) is 9.26. The van der Waals surface area contributed by atoms with Crippen LogP contribution in [0.4, 0.5) is 32.3 Å². The topological polar surface area (TPSA) is 75.5 Å². The molecule has 0 aliphatic rings. The summed E-state index contributed by atoms with van der Waals surface area (Å²) < 4.78 is 85.8. The molecule has 1 N–H and O–H groups in total. The largest absolute Gasteiger partial charge is 0.478 e. The van der Waals surface area contributed by atoms with Crippen molar-refractivity contribution >= 4 is 11.9 Å². The van der Waals surface area contributed by atoms with E-state index >= 15 is 0 Å². The molecular formula is C26H25F6N3O3. The summed E-state index contributed by atoms with van der Waals surface area (Å²) in [7, 11) is 0. The van der Waals surface area contributed by atoms with Gasteiger partial charge in [-0.15, -0.1) is 0 Å². The smallest absolute Gasteiger partial charge is 0.416 e. The Morgan fingerprint density at radius 1 is 0.947 bits per heavy atom. The fourth-order valence-electron chi connectivity index (χ4n) is 3.64. The molecule has 0 fully saturated rings. The molecule has 0 unspecified atom stereocenters. The van der Waals surface area contributed by atoms with E-state index in [1.165, 1.54) is 37.2 Å². The van der Waals surface area contributed by atoms with Crippen LogP contribution in [0.3, 0.4) is 0 Å². The second-order valence-electron chi connectivity index (χ2n) is 9.01. The normalized spacial score (nSPS) is 12.3. The highest BCUT2D eigenvalue weighted by molar-refractivity contribution is 5.76. The van der Waals surface area contributed by atoms with Gasteiger partial charge in [-0.3, -0.25) is 0 Å². The van der Waals surface area contributed by atoms with Crippen molar-refractivity contribution in [2.75, 3.05) is 11.4 Å². The first-order chi connectivity index (χ1) is 17.7. The van der Waals surface area contributed by atoms with Crippen LogP contribution in [0, 0.1) is 0 Å². The van der Waals surface area contributed by atoms with Crippen LogP contribution in [0.1, 0.15) is 42.5 Å². The minimum atomic E-state index is -5.00. The van der Waals surface area contributed by atoms with Gasteiger partial charge in [0.25, 0.3) is 0 Å². The predicted molar refractivity (Wildman–Crippen MR) is 127 cm³/mol. The minimum Gasteiger partial charge on any atom is -0.478 e. The van der Waals surface area contributed by atoms with E-state index in [0.29, 0.717) is 24.7 Å². The third-order valence-corrected chi connectivity index (χ3v) is 5.62. The number of aryl methyl sites for hydroxylation is 1. The number of anilines is 1. The number of aromatic nitrogens is 2. The Balaban J connectivity index is 1.80. The lowest BCUT2D eigenvalue weighted by atomic mass is 10.0. The van der Waals surface area contributed by atoms with Crippen LogP contribution in [-0.2, 0) is 30.1 Å². The summed E-state index contributed by atoms with van der Waals surface area (Å²) in [6.45, 7) is 2.65. The maximum absolute atomic E-state index is 13.7. The van der Waals surface area contributed by atoms with Gasteiger partial charge in [0.05, 0.1) is 11.1 Å². The van der Waals surface area contributed by atoms with Gasteiger partial charge in [-0.1, -0.05) is 18.2 Å². The zero-order valence-electron chi connectivity index (χ0n) is 20.5. The van der Waals surface area contributed by atoms with E-state index in [1.54, 1.807) is 24.3 Å². The average Bonchev–Trinajstić information content (AvgIpc) is 2.82. The fraction of sp³-hybridized carbons (Fsp3) is 0.346. The van der Waals surface area contributed by atoms with Gasteiger partial charge in [-0.05, 0) is 68.1 Å². The Morgan fingerprint density at radius 3 is 2.24 bits per heavy atom. The monoisotopic (exact) mass is 541 g/mol. The number of hydrogen-bond acceptors (Lipinski definition) is 5. The molecule has 204 valence electrons. The quantitative estimate of drug-likeness (QED) is 0.300. The van der Waals surface area contributed by atoms with Crippen LogP contribution < -0.4 is 9.64 Å². The molecule has 0 aliphatic carbocycles. The highest BCUT2D eigenvalue weighted by Crippen LogP contribution is 2.38. The zero-order chi connectivity index (χ0) is 28.1. The number of alkyl halides is 6. The lowest BCUT2D eigenvalue weighted by Gasteiger charge is -2.25. The van der Waals surface area contributed by atoms with Crippen LogP contribution in [0.2, 0.25) is 0 Å². The van der Waals surface area contributed by atoms with E-state index in [0.717, 1.165) is 11.6 Å². The Morgan fingerprint density at radius 2 is 1.63 bits per heavy atom. The van der Waals surface area contributed by atoms with E-state index in [4.69, 9.17) is 4.74 Å². The average molecular weight is 541 g/mol. The van der Waals surface area contributed by atoms with Gasteiger partial charge >= 0.3 is 18.3 Å². The summed E-state index contributed by atoms with van der Waals surface area (Å²) in [5.41, 5.74) is -3.76. The molecule has 0 spiro atoms. The first-order valence-electron chi connectivity index (χ1n) is 11.5. The maximum atomic E-state index is 13.7. The molecule has 0 saturated carbocycles. The van der Waals surface area contributed by atoms with E-state index in [2.05, 4.69) is 9.97 Å². The van der Waals surface area contributed by atoms with E-state index in [9.17, 15) is 36.2 Å². The lowest BCUT2D eigenvalue weighted by Crippen LogP contribution is -2.37. The number of hydrogen-bond donors (Lipinski definition) is 1. The Bertz CT molecular complexity index is 1250. The lowest BCUT2D eigenvalue weighted by molar-refractivity contribution is -0.152. The SMILES string of the molecule is CC(C)(Oc1cccc(CCCN(Cc2ccc(C(F)(F)F)cc2C(F)(F)F)c2ncccn2)c1)C(=O)O. The van der Waals surface area contributed by atoms with Gasteiger partial charge in [-0.25, -0.2) is 14.8 Å². The molecule has 0 radical (unpaired) electrons. The molecule has 0 saturated heterocycles. The van der Waals surface area contributed by atoms with Crippen molar-refractivity contribution in [2.24, 2.45) is 0 Å². The van der Waals surface area contributed by atoms with Crippen molar-refractivity contribution in [3.8, 4) is 5.75 Å². The molecule has 38 heavy (non-hydrogen) atoms. The molecule has 0 amide bonds. The highest BCUT2D eigenvalue weighted by Gasteiger charge is 2.38. The summed E-state index contributed by atoms with van der Waals surface area (Å²) in [4.78, 5) is 21.0. The number of ether oxygens (including phenoxy) is 1. The Kier molecular flexibility index (Phi) is 8.53. The second-order valence-corrected chi connectivity index (χ2v) is 9.01. The van der Waals surface area contributed by atoms with Crippen LogP contribution in [-0.4, -0.2) is 33.2 Å². The highest BCUT2D eigenvalue weighted by atomic mass is 19.4. The minimum absolute atomic E-state index is 0.115. The summed E-state index contributed by atoms with van der Waals surface area (Å²) in [5.74, 6) is -0.665. The van der Waals surface area contributed by atoms with Crippen molar-refractivity contribution in [1.29, 1.82) is 0 Å². The number of aliphatic carboxylic acids is 1. The number of carboxylic acids is 1. The molecule has 12 heteroatoms. The van der Waals surface area contributed by atoms with Crippen molar-refractivity contribution in [1.82, 2.24) is 9.97 Å². The predicted octanol–water partition coefficient (Wildman–Crippen LogP) is 6.40. The van der Waals surface area contributed by atoms with Gasteiger partial charge in [-0.2, -0.15) is 26.3 Å². The molecule has 3 aromatic rings. The first kappa shape index (κ1) is 28.7. The number of nitrogens with zero attached hydrogens (tertiary/aromatic N) is 3. The fourth-order valence-corrected chi connectivity index (χ4v) is 3.64. The maximum Gasteiger partial charge on any atom is 0.416 e. The molecule has 1 aromatic heterocycles. The van der Waals surface area contributed by atoms with E-state index in [-0.39, 0.29) is 30.7 Å². The number of carbonyl (C=O) groups is 1. The molecule has 2 aromatic carbocycles. The zero-order valence-corrected chi connectivity index (χ0v) is 20.5. The summed E-state index contributed by atoms with van der Waals surface area (Å²) >= 11 is 0. The van der Waals surface area contributed by atoms with Crippen LogP contribution in [0.25, 0.3) is 0 Å². The van der Waals surface area contributed by atoms with Crippen molar-refractivity contribution < 1.29 is 41.0 Å². The van der Waals surface area contributed by atoms with Gasteiger partial charge in [0.15, 0.2) is 5.60 Å². The summed E-state index contributed by atoms with van der Waals surface area (Å²) in [6, 6.07) is 9.87. The first-order valence-corrected chi connectivity index (χ1v) is 11.5. The third kappa shape index (κ3) is 7.59. The molecule has 3 rings (SSSR count). The molecule has 0 atom stereocenters. The second kappa shape index (κ2) is 11.3. The number of rotatable bonds is 10. The number of benzene rings is 2. The standard InChI is InChI=1S/C26H25F6N3O3/c1-24(2,22(36)37)38-20-8-3-6-17(14-20)7-4-13-35(23-33-11-5-12-34-23)16-18-9-10-19(25(27,28)29)15-21(18)26(30,31)32/h3,5-6,8-12,14-15H,4,7,13,16H2,1-2H3,(H,36,37). The third-order valence-electron chi connectivity index (χ3n) is 5.62. The Labute approximate surface area is 214 Å². The van der Waals surface area contributed by atoms with Crippen molar-refractivity contribution in [2.45, 2.75) is 51.2 Å². The van der Waals surface area contributed by atoms with Gasteiger partial charge in [0, 0.05) is 25.5 Å². The molecule has 6 nitrogen and oxygen atoms in total.